The second-order valence-electron chi connectivity index (χ2n) is 6.61. The third-order valence-corrected chi connectivity index (χ3v) is 4.83. The highest BCUT2D eigenvalue weighted by Gasteiger charge is 2.24. The van der Waals surface area contributed by atoms with E-state index in [0.717, 1.165) is 31.2 Å². The van der Waals surface area contributed by atoms with Crippen LogP contribution in [0.1, 0.15) is 43.2 Å². The van der Waals surface area contributed by atoms with Gasteiger partial charge in [0.2, 0.25) is 5.91 Å². The minimum atomic E-state index is -0.782. The van der Waals surface area contributed by atoms with E-state index in [0.29, 0.717) is 16.9 Å². The lowest BCUT2D eigenvalue weighted by molar-refractivity contribution is -0.124. The molecule has 0 radical (unpaired) electrons. The molecule has 1 aromatic carbocycles. The quantitative estimate of drug-likeness (QED) is 0.656. The molecule has 0 unspecified atom stereocenters. The minimum absolute atomic E-state index is 0.0131. The first-order chi connectivity index (χ1) is 11.5. The molecule has 2 aliphatic rings. The Morgan fingerprint density at radius 2 is 2.08 bits per heavy atom. The SMILES string of the molecule is C=C1C(=O)COc2ccc(CC(=O)N[C@H](O)C3CCCCC3)cc21. The van der Waals surface area contributed by atoms with E-state index >= 15 is 0 Å². The van der Waals surface area contributed by atoms with Crippen molar-refractivity contribution in [2.75, 3.05) is 6.61 Å². The maximum Gasteiger partial charge on any atom is 0.226 e. The van der Waals surface area contributed by atoms with Crippen LogP contribution in [-0.2, 0) is 16.0 Å². The average Bonchev–Trinajstić information content (AvgIpc) is 2.59. The number of amides is 1. The van der Waals surface area contributed by atoms with Crippen LogP contribution in [0.3, 0.4) is 0 Å². The summed E-state index contributed by atoms with van der Waals surface area (Å²) in [6, 6.07) is 5.32. The maximum absolute atomic E-state index is 12.2. The summed E-state index contributed by atoms with van der Waals surface area (Å²) in [5.74, 6) is 0.404. The number of hydrogen-bond donors (Lipinski definition) is 2. The Kier molecular flexibility index (Phi) is 5.00. The van der Waals surface area contributed by atoms with Crippen molar-refractivity contribution in [2.24, 2.45) is 5.92 Å². The van der Waals surface area contributed by atoms with E-state index in [-0.39, 0.29) is 30.6 Å². The molecule has 1 saturated carbocycles. The van der Waals surface area contributed by atoms with Gasteiger partial charge in [-0.2, -0.15) is 0 Å². The van der Waals surface area contributed by atoms with Crippen molar-refractivity contribution >= 4 is 17.3 Å². The van der Waals surface area contributed by atoms with Crippen molar-refractivity contribution < 1.29 is 19.4 Å². The molecule has 3 rings (SSSR count). The van der Waals surface area contributed by atoms with E-state index in [4.69, 9.17) is 4.74 Å². The number of benzene rings is 1. The summed E-state index contributed by atoms with van der Waals surface area (Å²) < 4.78 is 5.36. The third kappa shape index (κ3) is 3.67. The fourth-order valence-corrected chi connectivity index (χ4v) is 3.40. The molecule has 1 atom stereocenters. The number of fused-ring (bicyclic) bond motifs is 1. The Bertz CT molecular complexity index is 661. The van der Waals surface area contributed by atoms with Gasteiger partial charge in [0.1, 0.15) is 12.0 Å². The van der Waals surface area contributed by atoms with Gasteiger partial charge in [-0.25, -0.2) is 0 Å². The van der Waals surface area contributed by atoms with Crippen molar-refractivity contribution in [3.63, 3.8) is 0 Å². The van der Waals surface area contributed by atoms with Gasteiger partial charge in [0.25, 0.3) is 0 Å². The Morgan fingerprint density at radius 1 is 1.33 bits per heavy atom. The Balaban J connectivity index is 1.62. The van der Waals surface area contributed by atoms with Crippen LogP contribution in [0.2, 0.25) is 0 Å². The zero-order valence-corrected chi connectivity index (χ0v) is 13.7. The number of nitrogens with one attached hydrogen (secondary N) is 1. The van der Waals surface area contributed by atoms with E-state index < -0.39 is 6.23 Å². The van der Waals surface area contributed by atoms with E-state index in [2.05, 4.69) is 11.9 Å². The number of rotatable bonds is 4. The summed E-state index contributed by atoms with van der Waals surface area (Å²) in [5, 5.41) is 12.9. The van der Waals surface area contributed by atoms with Gasteiger partial charge in [-0.15, -0.1) is 0 Å². The molecule has 2 N–H and O–H groups in total. The van der Waals surface area contributed by atoms with Crippen LogP contribution in [0.15, 0.2) is 24.8 Å². The second kappa shape index (κ2) is 7.18. The third-order valence-electron chi connectivity index (χ3n) is 4.83. The van der Waals surface area contributed by atoms with Gasteiger partial charge in [-0.3, -0.25) is 9.59 Å². The summed E-state index contributed by atoms with van der Waals surface area (Å²) in [6.45, 7) is 3.81. The standard InChI is InChI=1S/C19H23NO4/c1-12-15-9-13(7-8-17(15)24-11-16(12)21)10-18(22)20-19(23)14-5-3-2-4-6-14/h7-9,14,19,23H,1-6,10-11H2,(H,20,22)/t19-/m1/s1. The summed E-state index contributed by atoms with van der Waals surface area (Å²) in [6.07, 6.45) is 4.71. The van der Waals surface area contributed by atoms with Crippen LogP contribution < -0.4 is 10.1 Å². The summed E-state index contributed by atoms with van der Waals surface area (Å²) in [5.41, 5.74) is 1.83. The number of ketones is 1. The normalized spacial score (nSPS) is 19.4. The highest BCUT2D eigenvalue weighted by Crippen LogP contribution is 2.31. The van der Waals surface area contributed by atoms with E-state index in [1.807, 2.05) is 0 Å². The van der Waals surface area contributed by atoms with Crippen LogP contribution in [0.25, 0.3) is 5.57 Å². The Morgan fingerprint density at radius 3 is 2.83 bits per heavy atom. The number of aliphatic hydroxyl groups excluding tert-OH is 1. The summed E-state index contributed by atoms with van der Waals surface area (Å²) in [4.78, 5) is 23.9. The van der Waals surface area contributed by atoms with Crippen molar-refractivity contribution in [2.45, 2.75) is 44.8 Å². The van der Waals surface area contributed by atoms with Gasteiger partial charge in [-0.05, 0) is 30.5 Å². The van der Waals surface area contributed by atoms with Gasteiger partial charge in [0.05, 0.1) is 6.42 Å². The first-order valence-corrected chi connectivity index (χ1v) is 8.50. The average molecular weight is 329 g/mol. The zero-order valence-electron chi connectivity index (χ0n) is 13.7. The molecule has 5 nitrogen and oxygen atoms in total. The highest BCUT2D eigenvalue weighted by atomic mass is 16.5. The number of hydrogen-bond acceptors (Lipinski definition) is 4. The molecule has 5 heteroatoms. The molecule has 1 fully saturated rings. The van der Waals surface area contributed by atoms with Gasteiger partial charge < -0.3 is 15.2 Å². The molecule has 1 aliphatic carbocycles. The molecular weight excluding hydrogens is 306 g/mol. The topological polar surface area (TPSA) is 75.6 Å². The lowest BCUT2D eigenvalue weighted by Crippen LogP contribution is -2.41. The Labute approximate surface area is 141 Å². The molecule has 1 aliphatic heterocycles. The number of Topliss-reactive ketones (excluding diaryl/α,β-unsaturated/α-hetero) is 1. The summed E-state index contributed by atoms with van der Waals surface area (Å²) in [7, 11) is 0. The zero-order chi connectivity index (χ0) is 17.1. The van der Waals surface area contributed by atoms with Gasteiger partial charge in [-0.1, -0.05) is 31.9 Å². The molecule has 1 aromatic rings. The van der Waals surface area contributed by atoms with Crippen LogP contribution >= 0.6 is 0 Å². The van der Waals surface area contributed by atoms with Crippen LogP contribution in [0.5, 0.6) is 5.75 Å². The van der Waals surface area contributed by atoms with Crippen molar-refractivity contribution in [3.05, 3.63) is 35.9 Å². The van der Waals surface area contributed by atoms with Crippen LogP contribution in [0.4, 0.5) is 0 Å². The number of carbonyl (C=O) groups is 2. The molecule has 0 spiro atoms. The lowest BCUT2D eigenvalue weighted by atomic mass is 9.88. The molecule has 1 heterocycles. The predicted octanol–water partition coefficient (Wildman–Crippen LogP) is 2.22. The smallest absolute Gasteiger partial charge is 0.226 e. The van der Waals surface area contributed by atoms with Gasteiger partial charge in [0.15, 0.2) is 12.4 Å². The molecule has 0 aromatic heterocycles. The van der Waals surface area contributed by atoms with E-state index in [1.54, 1.807) is 18.2 Å². The fourth-order valence-electron chi connectivity index (χ4n) is 3.40. The lowest BCUT2D eigenvalue weighted by Gasteiger charge is -2.27. The van der Waals surface area contributed by atoms with Crippen LogP contribution in [0, 0.1) is 5.92 Å². The molecule has 0 bridgehead atoms. The van der Waals surface area contributed by atoms with E-state index in [9.17, 15) is 14.7 Å². The Hall–Kier alpha value is -2.14. The highest BCUT2D eigenvalue weighted by molar-refractivity contribution is 6.22. The predicted molar refractivity (Wildman–Crippen MR) is 90.4 cm³/mol. The number of ether oxygens (including phenoxy) is 1. The van der Waals surface area contributed by atoms with Crippen molar-refractivity contribution in [1.82, 2.24) is 5.32 Å². The second-order valence-corrected chi connectivity index (χ2v) is 6.61. The largest absolute Gasteiger partial charge is 0.485 e. The van der Waals surface area contributed by atoms with Crippen LogP contribution in [-0.4, -0.2) is 29.6 Å². The first kappa shape index (κ1) is 16.7. The summed E-state index contributed by atoms with van der Waals surface area (Å²) >= 11 is 0. The van der Waals surface area contributed by atoms with Crippen molar-refractivity contribution in [3.8, 4) is 5.75 Å². The van der Waals surface area contributed by atoms with Gasteiger partial charge in [0, 0.05) is 17.1 Å². The molecular formula is C19H23NO4. The first-order valence-electron chi connectivity index (χ1n) is 8.50. The monoisotopic (exact) mass is 329 g/mol. The maximum atomic E-state index is 12.2. The fraction of sp³-hybridized carbons (Fsp3) is 0.474. The number of aliphatic hydroxyl groups is 1. The molecule has 0 saturated heterocycles. The molecule has 128 valence electrons. The van der Waals surface area contributed by atoms with Gasteiger partial charge >= 0.3 is 0 Å². The van der Waals surface area contributed by atoms with Crippen molar-refractivity contribution in [1.29, 1.82) is 0 Å². The van der Waals surface area contributed by atoms with E-state index in [1.165, 1.54) is 6.42 Å². The molecule has 24 heavy (non-hydrogen) atoms. The minimum Gasteiger partial charge on any atom is -0.485 e. The molecule has 1 amide bonds. The number of carbonyl (C=O) groups excluding carboxylic acids is 2.